The molecule has 2 amide bonds. The summed E-state index contributed by atoms with van der Waals surface area (Å²) in [4.78, 5) is 14.0. The molecule has 1 saturated heterocycles. The summed E-state index contributed by atoms with van der Waals surface area (Å²) in [6.45, 7) is 0.618. The zero-order valence-electron chi connectivity index (χ0n) is 10.2. The van der Waals surface area contributed by atoms with Crippen LogP contribution in [0.4, 0.5) is 4.79 Å². The highest BCUT2D eigenvalue weighted by Gasteiger charge is 2.40. The van der Waals surface area contributed by atoms with Gasteiger partial charge in [-0.2, -0.15) is 0 Å². The Hall–Kier alpha value is -1.22. The minimum absolute atomic E-state index is 0.0619. The first-order valence-electron chi connectivity index (χ1n) is 6.56. The monoisotopic (exact) mass is 264 g/mol. The van der Waals surface area contributed by atoms with Crippen LogP contribution < -0.4 is 5.32 Å². The molecule has 0 spiro atoms. The number of urea groups is 1. The molecule has 0 radical (unpaired) electrons. The van der Waals surface area contributed by atoms with E-state index in [0.29, 0.717) is 18.6 Å². The van der Waals surface area contributed by atoms with Gasteiger partial charge in [-0.25, -0.2) is 4.79 Å². The van der Waals surface area contributed by atoms with E-state index < -0.39 is 0 Å². The second kappa shape index (κ2) is 4.81. The predicted octanol–water partition coefficient (Wildman–Crippen LogP) is 3.18. The zero-order chi connectivity index (χ0) is 12.5. The number of benzene rings is 1. The molecular weight excluding hydrogens is 248 g/mol. The van der Waals surface area contributed by atoms with Crippen LogP contribution in [-0.2, 0) is 6.54 Å². The number of amides is 2. The minimum atomic E-state index is 0.0619. The summed E-state index contributed by atoms with van der Waals surface area (Å²) in [5, 5.41) is 3.83. The molecule has 2 atom stereocenters. The maximum absolute atomic E-state index is 12.0. The van der Waals surface area contributed by atoms with Gasteiger partial charge in [0.1, 0.15) is 0 Å². The molecule has 0 unspecified atom stereocenters. The quantitative estimate of drug-likeness (QED) is 0.874. The largest absolute Gasteiger partial charge is 0.333 e. The molecule has 3 nitrogen and oxygen atoms in total. The number of halogens is 1. The molecular formula is C14H17ClN2O. The number of hydrogen-bond donors (Lipinski definition) is 1. The zero-order valence-corrected chi connectivity index (χ0v) is 11.0. The minimum Gasteiger partial charge on any atom is -0.333 e. The Balaban J connectivity index is 1.79. The number of nitrogens with one attached hydrogen (secondary N) is 1. The Bertz CT molecular complexity index is 463. The molecule has 1 N–H and O–H groups in total. The molecule has 0 aromatic heterocycles. The van der Waals surface area contributed by atoms with Crippen molar-refractivity contribution in [3.63, 3.8) is 0 Å². The fourth-order valence-electron chi connectivity index (χ4n) is 3.04. The van der Waals surface area contributed by atoms with Crippen molar-refractivity contribution in [1.82, 2.24) is 10.2 Å². The van der Waals surface area contributed by atoms with Crippen molar-refractivity contribution in [3.8, 4) is 0 Å². The maximum atomic E-state index is 12.0. The lowest BCUT2D eigenvalue weighted by Crippen LogP contribution is -2.38. The molecule has 18 heavy (non-hydrogen) atoms. The van der Waals surface area contributed by atoms with Gasteiger partial charge < -0.3 is 10.2 Å². The summed E-state index contributed by atoms with van der Waals surface area (Å²) < 4.78 is 0. The van der Waals surface area contributed by atoms with E-state index in [1.165, 1.54) is 12.8 Å². The third kappa shape index (κ3) is 2.07. The van der Waals surface area contributed by atoms with Gasteiger partial charge in [0.15, 0.2) is 0 Å². The Morgan fingerprint density at radius 2 is 2.06 bits per heavy atom. The van der Waals surface area contributed by atoms with Crippen molar-refractivity contribution < 1.29 is 4.79 Å². The lowest BCUT2D eigenvalue weighted by atomic mass is 9.91. The van der Waals surface area contributed by atoms with Gasteiger partial charge in [-0.3, -0.25) is 0 Å². The summed E-state index contributed by atoms with van der Waals surface area (Å²) in [5.41, 5.74) is 1.03. The highest BCUT2D eigenvalue weighted by Crippen LogP contribution is 2.30. The highest BCUT2D eigenvalue weighted by molar-refractivity contribution is 6.31. The summed E-state index contributed by atoms with van der Waals surface area (Å²) in [7, 11) is 0. The summed E-state index contributed by atoms with van der Waals surface area (Å²) in [6, 6.07) is 8.50. The number of carbonyl (C=O) groups excluding carboxylic acids is 1. The van der Waals surface area contributed by atoms with E-state index in [9.17, 15) is 4.79 Å². The molecule has 4 heteroatoms. The summed E-state index contributed by atoms with van der Waals surface area (Å²) in [6.07, 6.45) is 4.65. The van der Waals surface area contributed by atoms with Crippen molar-refractivity contribution in [2.45, 2.75) is 44.3 Å². The van der Waals surface area contributed by atoms with E-state index in [4.69, 9.17) is 11.6 Å². The van der Waals surface area contributed by atoms with Crippen LogP contribution >= 0.6 is 11.6 Å². The van der Waals surface area contributed by atoms with Gasteiger partial charge in [0.2, 0.25) is 0 Å². The molecule has 96 valence electrons. The van der Waals surface area contributed by atoms with Crippen LogP contribution in [0.5, 0.6) is 0 Å². The van der Waals surface area contributed by atoms with Crippen LogP contribution in [0.2, 0.25) is 5.02 Å². The number of rotatable bonds is 2. The smallest absolute Gasteiger partial charge is 0.318 e. The molecule has 2 aliphatic rings. The Kier molecular flexibility index (Phi) is 3.16. The average molecular weight is 265 g/mol. The standard InChI is InChI=1S/C14H17ClN2O/c15-11-6-2-1-5-10(11)9-17-13-8-4-3-7-12(13)16-14(17)18/h1-2,5-6,12-13H,3-4,7-9H2,(H,16,18)/t12-,13-/m0/s1. The maximum Gasteiger partial charge on any atom is 0.318 e. The number of nitrogens with zero attached hydrogens (tertiary/aromatic N) is 1. The van der Waals surface area contributed by atoms with Crippen molar-refractivity contribution in [3.05, 3.63) is 34.9 Å². The van der Waals surface area contributed by atoms with Gasteiger partial charge in [-0.1, -0.05) is 42.6 Å². The molecule has 2 fully saturated rings. The fourth-order valence-corrected chi connectivity index (χ4v) is 3.24. The normalized spacial score (nSPS) is 26.9. The molecule has 1 aliphatic carbocycles. The first-order valence-corrected chi connectivity index (χ1v) is 6.94. The molecule has 1 saturated carbocycles. The molecule has 1 aromatic carbocycles. The second-order valence-corrected chi connectivity index (χ2v) is 5.53. The Morgan fingerprint density at radius 1 is 1.28 bits per heavy atom. The van der Waals surface area contributed by atoms with Gasteiger partial charge in [-0.05, 0) is 24.5 Å². The highest BCUT2D eigenvalue weighted by atomic mass is 35.5. The van der Waals surface area contributed by atoms with Crippen molar-refractivity contribution in [2.24, 2.45) is 0 Å². The summed E-state index contributed by atoms with van der Waals surface area (Å²) in [5.74, 6) is 0. The van der Waals surface area contributed by atoms with Crippen LogP contribution in [0.3, 0.4) is 0 Å². The van der Waals surface area contributed by atoms with E-state index in [1.807, 2.05) is 29.2 Å². The molecule has 1 heterocycles. The SMILES string of the molecule is O=C1N[C@H]2CCCC[C@@H]2N1Cc1ccccc1Cl. The van der Waals surface area contributed by atoms with Crippen molar-refractivity contribution in [1.29, 1.82) is 0 Å². The van der Waals surface area contributed by atoms with Crippen LogP contribution in [-0.4, -0.2) is 23.0 Å². The van der Waals surface area contributed by atoms with Gasteiger partial charge in [0, 0.05) is 11.6 Å². The van der Waals surface area contributed by atoms with Crippen LogP contribution in [0.25, 0.3) is 0 Å². The number of carbonyl (C=O) groups is 1. The van der Waals surface area contributed by atoms with E-state index in [1.54, 1.807) is 0 Å². The third-order valence-electron chi connectivity index (χ3n) is 4.00. The van der Waals surface area contributed by atoms with Gasteiger partial charge in [0.25, 0.3) is 0 Å². The second-order valence-electron chi connectivity index (χ2n) is 5.13. The lowest BCUT2D eigenvalue weighted by molar-refractivity contribution is 0.186. The van der Waals surface area contributed by atoms with Gasteiger partial charge in [0.05, 0.1) is 12.1 Å². The van der Waals surface area contributed by atoms with E-state index in [0.717, 1.165) is 23.4 Å². The van der Waals surface area contributed by atoms with E-state index >= 15 is 0 Å². The first kappa shape index (κ1) is 11.8. The predicted molar refractivity (Wildman–Crippen MR) is 71.6 cm³/mol. The molecule has 3 rings (SSSR count). The first-order chi connectivity index (χ1) is 8.75. The van der Waals surface area contributed by atoms with Crippen molar-refractivity contribution in [2.75, 3.05) is 0 Å². The molecule has 0 bridgehead atoms. The summed E-state index contributed by atoms with van der Waals surface area (Å²) >= 11 is 6.17. The fraction of sp³-hybridized carbons (Fsp3) is 0.500. The Labute approximate surface area is 112 Å². The topological polar surface area (TPSA) is 32.3 Å². The number of hydrogen-bond acceptors (Lipinski definition) is 1. The lowest BCUT2D eigenvalue weighted by Gasteiger charge is -2.30. The molecule has 1 aliphatic heterocycles. The van der Waals surface area contributed by atoms with Crippen LogP contribution in [0.15, 0.2) is 24.3 Å². The van der Waals surface area contributed by atoms with Crippen molar-refractivity contribution >= 4 is 17.6 Å². The molecule has 1 aromatic rings. The Morgan fingerprint density at radius 3 is 2.89 bits per heavy atom. The number of fused-ring (bicyclic) bond motifs is 1. The van der Waals surface area contributed by atoms with Gasteiger partial charge >= 0.3 is 6.03 Å². The third-order valence-corrected chi connectivity index (χ3v) is 4.37. The van der Waals surface area contributed by atoms with E-state index in [2.05, 4.69) is 5.32 Å². The van der Waals surface area contributed by atoms with Crippen LogP contribution in [0, 0.1) is 0 Å². The average Bonchev–Trinajstić information content (AvgIpc) is 2.69. The van der Waals surface area contributed by atoms with Crippen LogP contribution in [0.1, 0.15) is 31.2 Å². The van der Waals surface area contributed by atoms with Gasteiger partial charge in [-0.15, -0.1) is 0 Å². The van der Waals surface area contributed by atoms with E-state index in [-0.39, 0.29) is 6.03 Å².